The number of halogens is 2. The van der Waals surface area contributed by atoms with Crippen LogP contribution in [0.1, 0.15) is 56.3 Å². The van der Waals surface area contributed by atoms with Gasteiger partial charge in [0.1, 0.15) is 0 Å². The minimum absolute atomic E-state index is 0.100. The minimum Gasteiger partial charge on any atom is -0.401 e. The number of allylic oxidation sites excluding steroid dienone is 1. The molecule has 2 aromatic carbocycles. The minimum atomic E-state index is -0.444. The molecule has 0 bridgehead atoms. The lowest BCUT2D eigenvalue weighted by atomic mass is 9.90. The van der Waals surface area contributed by atoms with Crippen molar-refractivity contribution < 1.29 is 4.39 Å². The molecule has 0 saturated heterocycles. The highest BCUT2D eigenvalue weighted by molar-refractivity contribution is 6.31. The summed E-state index contributed by atoms with van der Waals surface area (Å²) >= 11 is 6.03. The predicted molar refractivity (Wildman–Crippen MR) is 136 cm³/mol. The lowest BCUT2D eigenvalue weighted by molar-refractivity contribution is 0.245. The summed E-state index contributed by atoms with van der Waals surface area (Å²) in [4.78, 5) is 2.46. The van der Waals surface area contributed by atoms with E-state index in [1.54, 1.807) is 23.2 Å². The third kappa shape index (κ3) is 4.88. The van der Waals surface area contributed by atoms with Crippen molar-refractivity contribution in [2.24, 2.45) is 11.6 Å². The Morgan fingerprint density at radius 1 is 1.21 bits per heavy atom. The van der Waals surface area contributed by atoms with Crippen LogP contribution in [0.3, 0.4) is 0 Å². The molecule has 5 nitrogen and oxygen atoms in total. The zero-order chi connectivity index (χ0) is 23.7. The molecule has 0 aromatic heterocycles. The van der Waals surface area contributed by atoms with Gasteiger partial charge in [-0.15, -0.1) is 0 Å². The van der Waals surface area contributed by atoms with Crippen LogP contribution in [-0.4, -0.2) is 35.6 Å². The second-order valence-electron chi connectivity index (χ2n) is 9.18. The third-order valence-electron chi connectivity index (χ3n) is 6.62. The molecule has 2 aliphatic rings. The van der Waals surface area contributed by atoms with Crippen LogP contribution in [-0.2, 0) is 0 Å². The Hall–Kier alpha value is -2.54. The number of nitrogens with one attached hydrogen (secondary N) is 1. The highest BCUT2D eigenvalue weighted by Crippen LogP contribution is 2.38. The number of nitrogens with zero attached hydrogens (tertiary/aromatic N) is 2. The fraction of sp³-hybridized carbons (Fsp3) is 0.385. The number of rotatable bonds is 4. The van der Waals surface area contributed by atoms with Gasteiger partial charge in [-0.25, -0.2) is 10.2 Å². The quantitative estimate of drug-likeness (QED) is 0.526. The van der Waals surface area contributed by atoms with Crippen LogP contribution in [0, 0.1) is 5.82 Å². The summed E-state index contributed by atoms with van der Waals surface area (Å²) in [5.41, 5.74) is 12.7. The Morgan fingerprint density at radius 2 is 2.00 bits per heavy atom. The summed E-state index contributed by atoms with van der Waals surface area (Å²) in [5, 5.41) is 5.18. The van der Waals surface area contributed by atoms with Crippen LogP contribution >= 0.6 is 11.6 Å². The largest absolute Gasteiger partial charge is 0.401 e. The van der Waals surface area contributed by atoms with Crippen LogP contribution in [0.25, 0.3) is 11.3 Å². The molecule has 0 amide bonds. The molecule has 0 radical (unpaired) electrons. The molecule has 2 heterocycles. The van der Waals surface area contributed by atoms with Gasteiger partial charge in [0.05, 0.1) is 22.4 Å². The Morgan fingerprint density at radius 3 is 2.67 bits per heavy atom. The van der Waals surface area contributed by atoms with Crippen molar-refractivity contribution in [3.8, 4) is 0 Å². The van der Waals surface area contributed by atoms with E-state index in [2.05, 4.69) is 48.3 Å². The SMILES string of the molecule is C/C(N)=C1\c2ccc(C3=CCN(C(C)C)CC3)cc2C(Nc2cccc(Cl)c2F)CCN1N. The molecule has 4 rings (SSSR count). The van der Waals surface area contributed by atoms with Gasteiger partial charge in [0.25, 0.3) is 0 Å². The van der Waals surface area contributed by atoms with Crippen molar-refractivity contribution in [2.45, 2.75) is 45.7 Å². The molecule has 176 valence electrons. The average Bonchev–Trinajstić information content (AvgIpc) is 2.92. The first-order valence-electron chi connectivity index (χ1n) is 11.5. The van der Waals surface area contributed by atoms with Gasteiger partial charge in [0.15, 0.2) is 5.82 Å². The van der Waals surface area contributed by atoms with Crippen molar-refractivity contribution in [3.05, 3.63) is 75.7 Å². The van der Waals surface area contributed by atoms with E-state index < -0.39 is 5.82 Å². The zero-order valence-electron chi connectivity index (χ0n) is 19.5. The van der Waals surface area contributed by atoms with Crippen molar-refractivity contribution in [2.75, 3.05) is 25.0 Å². The number of nitrogens with two attached hydrogens (primary N) is 2. The highest BCUT2D eigenvalue weighted by atomic mass is 35.5. The van der Waals surface area contributed by atoms with E-state index in [4.69, 9.17) is 23.2 Å². The molecule has 0 saturated carbocycles. The molecule has 33 heavy (non-hydrogen) atoms. The fourth-order valence-corrected chi connectivity index (χ4v) is 4.94. The zero-order valence-corrected chi connectivity index (χ0v) is 20.3. The topological polar surface area (TPSA) is 70.5 Å². The molecule has 0 spiro atoms. The number of hydrogen-bond acceptors (Lipinski definition) is 5. The fourth-order valence-electron chi connectivity index (χ4n) is 4.76. The van der Waals surface area contributed by atoms with E-state index >= 15 is 0 Å². The number of fused-ring (bicyclic) bond motifs is 1. The van der Waals surface area contributed by atoms with Crippen LogP contribution in [0.5, 0.6) is 0 Å². The van der Waals surface area contributed by atoms with Gasteiger partial charge >= 0.3 is 0 Å². The van der Waals surface area contributed by atoms with Gasteiger partial charge in [0.2, 0.25) is 0 Å². The summed E-state index contributed by atoms with van der Waals surface area (Å²) in [6.45, 7) is 8.89. The molecule has 0 fully saturated rings. The van der Waals surface area contributed by atoms with E-state index in [-0.39, 0.29) is 11.1 Å². The molecule has 5 N–H and O–H groups in total. The van der Waals surface area contributed by atoms with Crippen molar-refractivity contribution in [3.63, 3.8) is 0 Å². The second-order valence-corrected chi connectivity index (χ2v) is 9.59. The monoisotopic (exact) mass is 469 g/mol. The van der Waals surface area contributed by atoms with Gasteiger partial charge in [0, 0.05) is 36.9 Å². The maximum Gasteiger partial charge on any atom is 0.164 e. The number of hydrogen-bond donors (Lipinski definition) is 3. The van der Waals surface area contributed by atoms with Crippen molar-refractivity contribution in [1.82, 2.24) is 9.91 Å². The number of benzene rings is 2. The highest BCUT2D eigenvalue weighted by Gasteiger charge is 2.27. The van der Waals surface area contributed by atoms with Crippen LogP contribution in [0.4, 0.5) is 10.1 Å². The van der Waals surface area contributed by atoms with Crippen molar-refractivity contribution >= 4 is 28.6 Å². The van der Waals surface area contributed by atoms with Gasteiger partial charge in [-0.2, -0.15) is 0 Å². The van der Waals surface area contributed by atoms with Crippen LogP contribution in [0.2, 0.25) is 5.02 Å². The summed E-state index contributed by atoms with van der Waals surface area (Å²) in [7, 11) is 0. The molecule has 2 aromatic rings. The van der Waals surface area contributed by atoms with Gasteiger partial charge in [-0.05, 0) is 68.5 Å². The standard InChI is InChI=1S/C26H33ClFN5/c1-16(2)32-12-9-18(10-13-32)19-7-8-20-21(15-19)23(11-14-33(30)26(20)17(3)29)31-24-6-4-5-22(27)25(24)28/h4-9,15-16,23,31H,10-14,29-30H2,1-3H3/b26-17-. The van der Waals surface area contributed by atoms with Gasteiger partial charge in [-0.3, -0.25) is 4.90 Å². The van der Waals surface area contributed by atoms with E-state index in [1.165, 1.54) is 11.1 Å². The predicted octanol–water partition coefficient (Wildman–Crippen LogP) is 5.36. The first-order chi connectivity index (χ1) is 15.8. The van der Waals surface area contributed by atoms with E-state index in [9.17, 15) is 4.39 Å². The number of hydrazine groups is 1. The molecule has 1 atom stereocenters. The average molecular weight is 470 g/mol. The molecular formula is C26H33ClFN5. The number of anilines is 1. The summed E-state index contributed by atoms with van der Waals surface area (Å²) in [5.74, 6) is 5.94. The Kier molecular flexibility index (Phi) is 6.98. The molecular weight excluding hydrogens is 437 g/mol. The van der Waals surface area contributed by atoms with E-state index in [0.717, 1.165) is 36.3 Å². The first kappa shape index (κ1) is 23.6. The van der Waals surface area contributed by atoms with Gasteiger partial charge < -0.3 is 16.1 Å². The molecule has 2 aliphatic heterocycles. The van der Waals surface area contributed by atoms with E-state index in [0.29, 0.717) is 30.4 Å². The Labute approximate surface area is 200 Å². The van der Waals surface area contributed by atoms with Crippen LogP contribution < -0.4 is 16.9 Å². The Bertz CT molecular complexity index is 1090. The third-order valence-corrected chi connectivity index (χ3v) is 6.92. The summed E-state index contributed by atoms with van der Waals surface area (Å²) < 4.78 is 14.7. The van der Waals surface area contributed by atoms with Gasteiger partial charge in [-0.1, -0.05) is 35.9 Å². The lowest BCUT2D eigenvalue weighted by Crippen LogP contribution is -2.34. The molecule has 0 aliphatic carbocycles. The maximum atomic E-state index is 14.7. The summed E-state index contributed by atoms with van der Waals surface area (Å²) in [6.07, 6.45) is 4.01. The second kappa shape index (κ2) is 9.75. The smallest absolute Gasteiger partial charge is 0.164 e. The summed E-state index contributed by atoms with van der Waals surface area (Å²) in [6, 6.07) is 11.9. The van der Waals surface area contributed by atoms with Crippen LogP contribution in [0.15, 0.2) is 48.2 Å². The molecule has 1 unspecified atom stereocenters. The molecule has 7 heteroatoms. The maximum absolute atomic E-state index is 14.7. The normalized spacial score (nSPS) is 20.9. The van der Waals surface area contributed by atoms with E-state index in [1.807, 2.05) is 6.92 Å². The first-order valence-corrected chi connectivity index (χ1v) is 11.9. The Balaban J connectivity index is 1.77. The van der Waals surface area contributed by atoms with Crippen molar-refractivity contribution in [1.29, 1.82) is 0 Å². The lowest BCUT2D eigenvalue weighted by Gasteiger charge is -2.30.